The largest absolute Gasteiger partial charge is 0.322 e. The lowest BCUT2D eigenvalue weighted by atomic mass is 9.92. The van der Waals surface area contributed by atoms with Crippen LogP contribution in [0.4, 0.5) is 17.1 Å². The molecule has 0 atom stereocenters. The Labute approximate surface area is 202 Å². The van der Waals surface area contributed by atoms with Gasteiger partial charge in [0.05, 0.1) is 27.3 Å². The van der Waals surface area contributed by atoms with Crippen molar-refractivity contribution in [3.05, 3.63) is 98.6 Å². The number of carbonyl (C=O) groups excluding carboxylic acids is 3. The highest BCUT2D eigenvalue weighted by Crippen LogP contribution is 2.40. The van der Waals surface area contributed by atoms with Crippen LogP contribution >= 0.6 is 0 Å². The van der Waals surface area contributed by atoms with Gasteiger partial charge < -0.3 is 5.32 Å². The van der Waals surface area contributed by atoms with Crippen molar-refractivity contribution in [1.82, 2.24) is 0 Å². The number of anilines is 2. The topological polar surface area (TPSA) is 110 Å². The van der Waals surface area contributed by atoms with E-state index >= 15 is 0 Å². The van der Waals surface area contributed by atoms with E-state index in [2.05, 4.69) is 5.32 Å². The van der Waals surface area contributed by atoms with Crippen molar-refractivity contribution < 1.29 is 19.3 Å². The van der Waals surface area contributed by atoms with Crippen molar-refractivity contribution in [2.45, 2.75) is 39.5 Å². The molecule has 8 nitrogen and oxygen atoms in total. The Bertz CT molecular complexity index is 1330. The molecule has 35 heavy (non-hydrogen) atoms. The van der Waals surface area contributed by atoms with Gasteiger partial charge >= 0.3 is 0 Å². The molecule has 3 amide bonds. The van der Waals surface area contributed by atoms with E-state index in [9.17, 15) is 24.5 Å². The van der Waals surface area contributed by atoms with Crippen molar-refractivity contribution in [2.24, 2.45) is 0 Å². The predicted octanol–water partition coefficient (Wildman–Crippen LogP) is 5.89. The maximum Gasteiger partial charge on any atom is 0.269 e. The van der Waals surface area contributed by atoms with Gasteiger partial charge in [0.1, 0.15) is 0 Å². The third kappa shape index (κ3) is 4.19. The molecule has 1 aliphatic heterocycles. The van der Waals surface area contributed by atoms with Gasteiger partial charge in [0, 0.05) is 17.8 Å². The highest BCUT2D eigenvalue weighted by atomic mass is 16.6. The van der Waals surface area contributed by atoms with E-state index in [-0.39, 0.29) is 34.2 Å². The number of nitrogens with one attached hydrogen (secondary N) is 1. The lowest BCUT2D eigenvalue weighted by Crippen LogP contribution is -2.32. The highest BCUT2D eigenvalue weighted by Gasteiger charge is 2.41. The van der Waals surface area contributed by atoms with Gasteiger partial charge in [-0.3, -0.25) is 24.5 Å². The summed E-state index contributed by atoms with van der Waals surface area (Å²) in [6.45, 7) is 8.02. The summed E-state index contributed by atoms with van der Waals surface area (Å²) >= 11 is 0. The predicted molar refractivity (Wildman–Crippen MR) is 133 cm³/mol. The van der Waals surface area contributed by atoms with E-state index in [0.717, 1.165) is 11.1 Å². The zero-order valence-electron chi connectivity index (χ0n) is 19.9. The fourth-order valence-electron chi connectivity index (χ4n) is 4.31. The molecular formula is C27H25N3O5. The second-order valence-electron chi connectivity index (χ2n) is 9.03. The van der Waals surface area contributed by atoms with Crippen LogP contribution in [0.15, 0.2) is 60.7 Å². The number of benzene rings is 3. The van der Waals surface area contributed by atoms with Gasteiger partial charge in [-0.2, -0.15) is 0 Å². The summed E-state index contributed by atoms with van der Waals surface area (Å²) in [5.74, 6) is -1.46. The van der Waals surface area contributed by atoms with Gasteiger partial charge in [-0.1, -0.05) is 52.0 Å². The van der Waals surface area contributed by atoms with Gasteiger partial charge in [0.15, 0.2) is 0 Å². The van der Waals surface area contributed by atoms with E-state index < -0.39 is 22.6 Å². The molecule has 0 aliphatic carbocycles. The number of nitro benzene ring substituents is 1. The average molecular weight is 472 g/mol. The maximum atomic E-state index is 13.7. The monoisotopic (exact) mass is 471 g/mol. The quantitative estimate of drug-likeness (QED) is 0.274. The molecule has 3 aromatic carbocycles. The van der Waals surface area contributed by atoms with Gasteiger partial charge in [-0.05, 0) is 47.2 Å². The Hall–Kier alpha value is -4.33. The highest BCUT2D eigenvalue weighted by molar-refractivity contribution is 6.37. The van der Waals surface area contributed by atoms with E-state index in [1.54, 1.807) is 12.1 Å². The van der Waals surface area contributed by atoms with Gasteiger partial charge in [-0.15, -0.1) is 0 Å². The van der Waals surface area contributed by atoms with Gasteiger partial charge in [-0.25, -0.2) is 4.90 Å². The maximum absolute atomic E-state index is 13.7. The fraction of sp³-hybridized carbons (Fsp3) is 0.222. The van der Waals surface area contributed by atoms with Crippen molar-refractivity contribution in [1.29, 1.82) is 0 Å². The van der Waals surface area contributed by atoms with Crippen molar-refractivity contribution in [3.8, 4) is 0 Å². The second kappa shape index (κ2) is 9.13. The molecule has 0 aromatic heterocycles. The summed E-state index contributed by atoms with van der Waals surface area (Å²) in [4.78, 5) is 51.9. The molecule has 0 fully saturated rings. The van der Waals surface area contributed by atoms with E-state index in [0.29, 0.717) is 11.4 Å². The zero-order chi connectivity index (χ0) is 25.4. The molecule has 8 heteroatoms. The standard InChI is InChI=1S/C27H25N3O5/c1-15(2)19-7-5-8-20(16(3)4)24(19)29-26(32)22-10-6-9-21(23(22)27(29)33)25(31)28-17-11-13-18(14-12-17)30(34)35/h5-16H,1-4H3,(H,28,31). The minimum Gasteiger partial charge on any atom is -0.322 e. The number of rotatable bonds is 6. The molecule has 0 saturated heterocycles. The number of non-ortho nitro benzene ring substituents is 1. The Balaban J connectivity index is 1.75. The number of imide groups is 1. The summed E-state index contributed by atoms with van der Waals surface area (Å²) in [6.07, 6.45) is 0. The number of hydrogen-bond acceptors (Lipinski definition) is 5. The Morgan fingerprint density at radius 1 is 0.857 bits per heavy atom. The summed E-state index contributed by atoms with van der Waals surface area (Å²) < 4.78 is 0. The first-order valence-electron chi connectivity index (χ1n) is 11.3. The van der Waals surface area contributed by atoms with Crippen LogP contribution in [-0.2, 0) is 0 Å². The van der Waals surface area contributed by atoms with Crippen molar-refractivity contribution >= 4 is 34.8 Å². The third-order valence-corrected chi connectivity index (χ3v) is 6.06. The summed E-state index contributed by atoms with van der Waals surface area (Å²) in [6, 6.07) is 15.7. The molecule has 0 bridgehead atoms. The first-order chi connectivity index (χ1) is 16.6. The number of nitrogens with zero attached hydrogens (tertiary/aromatic N) is 2. The normalized spacial score (nSPS) is 12.9. The van der Waals surface area contributed by atoms with Crippen LogP contribution in [0.25, 0.3) is 0 Å². The molecule has 4 rings (SSSR count). The number of nitro groups is 1. The minimum absolute atomic E-state index is 0.0465. The van der Waals surface area contributed by atoms with Gasteiger partial charge in [0.25, 0.3) is 23.4 Å². The van der Waals surface area contributed by atoms with Crippen LogP contribution < -0.4 is 10.2 Å². The molecule has 1 aliphatic rings. The molecular weight excluding hydrogens is 446 g/mol. The SMILES string of the molecule is CC(C)c1cccc(C(C)C)c1N1C(=O)c2cccc(C(=O)Nc3ccc([N+](=O)[O-])cc3)c2C1=O. The molecule has 1 N–H and O–H groups in total. The van der Waals surface area contributed by atoms with Crippen LogP contribution in [-0.4, -0.2) is 22.6 Å². The lowest BCUT2D eigenvalue weighted by Gasteiger charge is -2.25. The lowest BCUT2D eigenvalue weighted by molar-refractivity contribution is -0.384. The fourth-order valence-corrected chi connectivity index (χ4v) is 4.31. The first-order valence-corrected chi connectivity index (χ1v) is 11.3. The molecule has 0 radical (unpaired) electrons. The summed E-state index contributed by atoms with van der Waals surface area (Å²) in [7, 11) is 0. The van der Waals surface area contributed by atoms with Crippen molar-refractivity contribution in [3.63, 3.8) is 0 Å². The van der Waals surface area contributed by atoms with E-state index in [4.69, 9.17) is 0 Å². The molecule has 0 spiro atoms. The molecule has 0 saturated carbocycles. The average Bonchev–Trinajstić information content (AvgIpc) is 3.08. The van der Waals surface area contributed by atoms with Crippen LogP contribution in [0, 0.1) is 10.1 Å². The molecule has 0 unspecified atom stereocenters. The first kappa shape index (κ1) is 23.8. The van der Waals surface area contributed by atoms with Crippen LogP contribution in [0.3, 0.4) is 0 Å². The summed E-state index contributed by atoms with van der Waals surface area (Å²) in [5, 5.41) is 13.5. The Kier molecular flexibility index (Phi) is 6.22. The van der Waals surface area contributed by atoms with Crippen LogP contribution in [0.5, 0.6) is 0 Å². The smallest absolute Gasteiger partial charge is 0.269 e. The van der Waals surface area contributed by atoms with E-state index in [1.165, 1.54) is 35.2 Å². The van der Waals surface area contributed by atoms with Crippen molar-refractivity contribution in [2.75, 3.05) is 10.2 Å². The van der Waals surface area contributed by atoms with Crippen LogP contribution in [0.1, 0.15) is 81.7 Å². The minimum atomic E-state index is -0.583. The van der Waals surface area contributed by atoms with Gasteiger partial charge in [0.2, 0.25) is 0 Å². The molecule has 1 heterocycles. The third-order valence-electron chi connectivity index (χ3n) is 6.06. The number of amides is 3. The zero-order valence-corrected chi connectivity index (χ0v) is 19.9. The molecule has 178 valence electrons. The van der Waals surface area contributed by atoms with Crippen LogP contribution in [0.2, 0.25) is 0 Å². The van der Waals surface area contributed by atoms with E-state index in [1.807, 2.05) is 45.9 Å². The number of fused-ring (bicyclic) bond motifs is 1. The summed E-state index contributed by atoms with van der Waals surface area (Å²) in [5.41, 5.74) is 2.83. The Morgan fingerprint density at radius 2 is 1.43 bits per heavy atom. The number of carbonyl (C=O) groups is 3. The number of para-hydroxylation sites is 1. The number of hydrogen-bond donors (Lipinski definition) is 1. The Morgan fingerprint density at radius 3 is 1.97 bits per heavy atom. The molecule has 3 aromatic rings. The second-order valence-corrected chi connectivity index (χ2v) is 9.03.